The van der Waals surface area contributed by atoms with Gasteiger partial charge in [-0.1, -0.05) is 25.0 Å². The predicted octanol–water partition coefficient (Wildman–Crippen LogP) is 4.16. The summed E-state index contributed by atoms with van der Waals surface area (Å²) in [6.07, 6.45) is 4.21. The third-order valence-electron chi connectivity index (χ3n) is 6.02. The van der Waals surface area contributed by atoms with E-state index in [1.807, 2.05) is 12.1 Å². The van der Waals surface area contributed by atoms with Crippen LogP contribution in [0.3, 0.4) is 0 Å². The van der Waals surface area contributed by atoms with Crippen LogP contribution in [0.15, 0.2) is 24.3 Å². The highest BCUT2D eigenvalue weighted by molar-refractivity contribution is 7.18. The van der Waals surface area contributed by atoms with Crippen molar-refractivity contribution in [3.63, 3.8) is 0 Å². The van der Waals surface area contributed by atoms with Crippen molar-refractivity contribution >= 4 is 34.1 Å². The van der Waals surface area contributed by atoms with E-state index in [2.05, 4.69) is 27.7 Å². The summed E-state index contributed by atoms with van der Waals surface area (Å²) in [5.41, 5.74) is 1.89. The molecule has 0 radical (unpaired) electrons. The molecule has 1 aliphatic rings. The highest BCUT2D eigenvalue weighted by Crippen LogP contribution is 2.35. The number of nitrogens with zero attached hydrogens (tertiary/aromatic N) is 1. The standard InChI is InChI=1S/C25H33N3O5S/c1-5-33-25(31)21-16(2)22(23(30)26-3)34-24(21)27-20(29)15-28-14-8-6-7-9-19(28)17-10-12-18(32-4)13-11-17/h10-13,19H,5-9,14-15H2,1-4H3,(H,26,30)(H,27,29)/t19-/m1/s1. The molecule has 3 rings (SSSR count). The lowest BCUT2D eigenvalue weighted by Gasteiger charge is -2.29. The van der Waals surface area contributed by atoms with Gasteiger partial charge in [0.15, 0.2) is 0 Å². The van der Waals surface area contributed by atoms with Crippen molar-refractivity contribution in [1.29, 1.82) is 0 Å². The molecule has 2 amide bonds. The number of esters is 1. The van der Waals surface area contributed by atoms with Gasteiger partial charge in [0.2, 0.25) is 5.91 Å². The number of hydrogen-bond donors (Lipinski definition) is 2. The highest BCUT2D eigenvalue weighted by Gasteiger charge is 2.28. The van der Waals surface area contributed by atoms with Crippen LogP contribution in [-0.2, 0) is 9.53 Å². The number of carbonyl (C=O) groups is 3. The number of carbonyl (C=O) groups excluding carboxylic acids is 3. The number of amides is 2. The third-order valence-corrected chi connectivity index (χ3v) is 7.23. The fourth-order valence-electron chi connectivity index (χ4n) is 4.29. The van der Waals surface area contributed by atoms with Gasteiger partial charge in [-0.05, 0) is 56.5 Å². The number of hydrogen-bond acceptors (Lipinski definition) is 7. The van der Waals surface area contributed by atoms with Crippen LogP contribution in [0.4, 0.5) is 5.00 Å². The molecule has 184 valence electrons. The van der Waals surface area contributed by atoms with Gasteiger partial charge in [0, 0.05) is 13.1 Å². The van der Waals surface area contributed by atoms with Crippen molar-refractivity contribution < 1.29 is 23.9 Å². The molecule has 1 aromatic carbocycles. The van der Waals surface area contributed by atoms with Crippen LogP contribution in [0.25, 0.3) is 0 Å². The smallest absolute Gasteiger partial charge is 0.341 e. The van der Waals surface area contributed by atoms with Gasteiger partial charge < -0.3 is 20.1 Å². The van der Waals surface area contributed by atoms with Crippen LogP contribution in [0.2, 0.25) is 0 Å². The summed E-state index contributed by atoms with van der Waals surface area (Å²) in [6, 6.07) is 8.11. The van der Waals surface area contributed by atoms with E-state index in [-0.39, 0.29) is 36.6 Å². The van der Waals surface area contributed by atoms with Crippen LogP contribution < -0.4 is 15.4 Å². The summed E-state index contributed by atoms with van der Waals surface area (Å²) in [4.78, 5) is 40.6. The number of methoxy groups -OCH3 is 1. The third kappa shape index (κ3) is 5.95. The maximum absolute atomic E-state index is 13.1. The number of ether oxygens (including phenoxy) is 2. The quantitative estimate of drug-likeness (QED) is 0.543. The molecule has 8 nitrogen and oxygen atoms in total. The Morgan fingerprint density at radius 2 is 1.88 bits per heavy atom. The number of rotatable bonds is 8. The van der Waals surface area contributed by atoms with Crippen LogP contribution in [0.5, 0.6) is 5.75 Å². The molecule has 1 saturated heterocycles. The van der Waals surface area contributed by atoms with E-state index < -0.39 is 5.97 Å². The van der Waals surface area contributed by atoms with Gasteiger partial charge >= 0.3 is 5.97 Å². The van der Waals surface area contributed by atoms with Gasteiger partial charge in [-0.25, -0.2) is 4.79 Å². The average Bonchev–Trinajstić information content (AvgIpc) is 2.99. The average molecular weight is 488 g/mol. The van der Waals surface area contributed by atoms with Crippen LogP contribution in [0.1, 0.15) is 69.8 Å². The molecule has 34 heavy (non-hydrogen) atoms. The van der Waals surface area contributed by atoms with Crippen molar-refractivity contribution in [3.8, 4) is 5.75 Å². The number of nitrogens with one attached hydrogen (secondary N) is 2. The Hall–Kier alpha value is -2.91. The van der Waals surface area contributed by atoms with E-state index in [9.17, 15) is 14.4 Å². The monoisotopic (exact) mass is 487 g/mol. The van der Waals surface area contributed by atoms with Crippen molar-refractivity contribution in [1.82, 2.24) is 10.2 Å². The van der Waals surface area contributed by atoms with Crippen molar-refractivity contribution in [2.75, 3.05) is 39.2 Å². The molecule has 9 heteroatoms. The van der Waals surface area contributed by atoms with Gasteiger partial charge in [-0.2, -0.15) is 0 Å². The second kappa shape index (κ2) is 12.0. The van der Waals surface area contributed by atoms with Crippen LogP contribution in [-0.4, -0.2) is 56.5 Å². The summed E-state index contributed by atoms with van der Waals surface area (Å²) >= 11 is 1.09. The lowest BCUT2D eigenvalue weighted by atomic mass is 10.0. The molecule has 2 N–H and O–H groups in total. The molecular formula is C25H33N3O5S. The van der Waals surface area contributed by atoms with Crippen LogP contribution >= 0.6 is 11.3 Å². The Labute approximate surface area is 204 Å². The van der Waals surface area contributed by atoms with Crippen molar-refractivity contribution in [2.24, 2.45) is 0 Å². The van der Waals surface area contributed by atoms with Gasteiger partial charge in [0.25, 0.3) is 5.91 Å². The molecule has 1 atom stereocenters. The van der Waals surface area contributed by atoms with Crippen molar-refractivity contribution in [3.05, 3.63) is 45.8 Å². The Morgan fingerprint density at radius 1 is 1.15 bits per heavy atom. The summed E-state index contributed by atoms with van der Waals surface area (Å²) < 4.78 is 10.5. The Bertz CT molecular complexity index is 1020. The Morgan fingerprint density at radius 3 is 2.53 bits per heavy atom. The SMILES string of the molecule is CCOC(=O)c1c(NC(=O)CN2CCCCC[C@@H]2c2ccc(OC)cc2)sc(C(=O)NC)c1C. The largest absolute Gasteiger partial charge is 0.497 e. The normalized spacial score (nSPS) is 16.4. The number of likely N-dealkylation sites (tertiary alicyclic amines) is 1. The van der Waals surface area contributed by atoms with Crippen LogP contribution in [0, 0.1) is 6.92 Å². The maximum atomic E-state index is 13.1. The van der Waals surface area contributed by atoms with Gasteiger partial charge in [-0.15, -0.1) is 11.3 Å². The summed E-state index contributed by atoms with van der Waals surface area (Å²) in [5, 5.41) is 5.81. The molecule has 1 aromatic heterocycles. The fourth-order valence-corrected chi connectivity index (χ4v) is 5.45. The first-order chi connectivity index (χ1) is 16.4. The van der Waals surface area contributed by atoms with Gasteiger partial charge in [0.1, 0.15) is 10.8 Å². The Balaban J connectivity index is 1.82. The molecule has 0 bridgehead atoms. The molecule has 0 saturated carbocycles. The molecule has 2 aromatic rings. The second-order valence-electron chi connectivity index (χ2n) is 8.22. The van der Waals surface area contributed by atoms with Crippen molar-refractivity contribution in [2.45, 2.75) is 45.6 Å². The summed E-state index contributed by atoms with van der Waals surface area (Å²) in [6.45, 7) is 4.61. The minimum absolute atomic E-state index is 0.121. The molecular weight excluding hydrogens is 454 g/mol. The summed E-state index contributed by atoms with van der Waals surface area (Å²) in [7, 11) is 3.17. The molecule has 0 unspecified atom stereocenters. The highest BCUT2D eigenvalue weighted by atomic mass is 32.1. The van der Waals surface area contributed by atoms with E-state index >= 15 is 0 Å². The predicted molar refractivity (Wildman–Crippen MR) is 133 cm³/mol. The summed E-state index contributed by atoms with van der Waals surface area (Å²) in [5.74, 6) is -0.281. The van der Waals surface area contributed by atoms with E-state index in [4.69, 9.17) is 9.47 Å². The minimum Gasteiger partial charge on any atom is -0.497 e. The second-order valence-corrected chi connectivity index (χ2v) is 9.24. The first-order valence-electron chi connectivity index (χ1n) is 11.6. The number of thiophene rings is 1. The molecule has 0 spiro atoms. The zero-order valence-electron chi connectivity index (χ0n) is 20.2. The lowest BCUT2D eigenvalue weighted by molar-refractivity contribution is -0.117. The van der Waals surface area contributed by atoms with E-state index in [1.165, 1.54) is 7.05 Å². The minimum atomic E-state index is -0.549. The van der Waals surface area contributed by atoms with E-state index in [0.29, 0.717) is 15.4 Å². The molecule has 1 aliphatic heterocycles. The topological polar surface area (TPSA) is 97.0 Å². The fraction of sp³-hybridized carbons (Fsp3) is 0.480. The van der Waals surface area contributed by atoms with Gasteiger partial charge in [-0.3, -0.25) is 14.5 Å². The number of benzene rings is 1. The first kappa shape index (κ1) is 25.7. The lowest BCUT2D eigenvalue weighted by Crippen LogP contribution is -2.36. The zero-order chi connectivity index (χ0) is 24.7. The molecule has 0 aliphatic carbocycles. The Kier molecular flexibility index (Phi) is 9.06. The maximum Gasteiger partial charge on any atom is 0.341 e. The van der Waals surface area contributed by atoms with Gasteiger partial charge in [0.05, 0.1) is 30.7 Å². The van der Waals surface area contributed by atoms with E-state index in [0.717, 1.165) is 54.9 Å². The molecule has 1 fully saturated rings. The van der Waals surface area contributed by atoms with E-state index in [1.54, 1.807) is 21.0 Å². The number of anilines is 1. The molecule has 2 heterocycles. The first-order valence-corrected chi connectivity index (χ1v) is 12.4. The zero-order valence-corrected chi connectivity index (χ0v) is 21.0.